The molecule has 0 bridgehead atoms. The molecule has 0 spiro atoms. The van der Waals surface area contributed by atoms with Crippen LogP contribution in [0.25, 0.3) is 0 Å². The van der Waals surface area contributed by atoms with Crippen LogP contribution in [0.2, 0.25) is 0 Å². The highest BCUT2D eigenvalue weighted by atomic mass is 16.5. The van der Waals surface area contributed by atoms with Crippen LogP contribution in [0.1, 0.15) is 34.3 Å². The first-order valence-electron chi connectivity index (χ1n) is 8.10. The zero-order valence-corrected chi connectivity index (χ0v) is 14.0. The van der Waals surface area contributed by atoms with Crippen LogP contribution in [0.15, 0.2) is 54.6 Å². The molecule has 2 aromatic carbocycles. The fourth-order valence-electron chi connectivity index (χ4n) is 2.37. The Bertz CT molecular complexity index is 591. The van der Waals surface area contributed by atoms with E-state index in [0.717, 1.165) is 24.9 Å². The maximum atomic E-state index is 12.0. The molecule has 2 aromatic rings. The molecule has 2 rings (SSSR count). The Morgan fingerprint density at radius 1 is 0.913 bits per heavy atom. The van der Waals surface area contributed by atoms with Crippen molar-refractivity contribution in [3.63, 3.8) is 0 Å². The zero-order valence-electron chi connectivity index (χ0n) is 14.0. The fourth-order valence-corrected chi connectivity index (χ4v) is 2.37. The predicted octanol–water partition coefficient (Wildman–Crippen LogP) is 3.93. The first-order valence-corrected chi connectivity index (χ1v) is 8.10. The number of hydrogen-bond donors (Lipinski definition) is 0. The average molecular weight is 311 g/mol. The van der Waals surface area contributed by atoms with Crippen LogP contribution in [-0.4, -0.2) is 31.5 Å². The summed E-state index contributed by atoms with van der Waals surface area (Å²) in [7, 11) is 4.19. The van der Waals surface area contributed by atoms with Crippen molar-refractivity contribution in [3.05, 3.63) is 71.3 Å². The maximum Gasteiger partial charge on any atom is 0.338 e. The van der Waals surface area contributed by atoms with E-state index in [1.807, 2.05) is 54.6 Å². The number of benzene rings is 2. The fraction of sp³-hybridized carbons (Fsp3) is 0.350. The number of carbonyl (C=O) groups excluding carboxylic acids is 1. The summed E-state index contributed by atoms with van der Waals surface area (Å²) >= 11 is 0. The van der Waals surface area contributed by atoms with Crippen molar-refractivity contribution < 1.29 is 9.53 Å². The van der Waals surface area contributed by atoms with Crippen molar-refractivity contribution in [1.29, 1.82) is 0 Å². The Hall–Kier alpha value is -2.13. The molecule has 0 radical (unpaired) electrons. The van der Waals surface area contributed by atoms with E-state index in [9.17, 15) is 4.79 Å². The Labute approximate surface area is 138 Å². The number of ether oxygens (including phenoxy) is 1. The van der Waals surface area contributed by atoms with Gasteiger partial charge < -0.3 is 9.64 Å². The van der Waals surface area contributed by atoms with Gasteiger partial charge in [-0.25, -0.2) is 4.79 Å². The summed E-state index contributed by atoms with van der Waals surface area (Å²) in [6.07, 6.45) is 3.40. The average Bonchev–Trinajstić information content (AvgIpc) is 2.58. The number of hydrogen-bond acceptors (Lipinski definition) is 3. The van der Waals surface area contributed by atoms with E-state index in [-0.39, 0.29) is 5.97 Å². The first-order chi connectivity index (χ1) is 11.1. The molecule has 122 valence electrons. The Kier molecular flexibility index (Phi) is 6.82. The van der Waals surface area contributed by atoms with E-state index < -0.39 is 0 Å². The van der Waals surface area contributed by atoms with E-state index in [1.54, 1.807) is 0 Å². The molecule has 0 N–H and O–H groups in total. The third kappa shape index (κ3) is 6.25. The van der Waals surface area contributed by atoms with Crippen LogP contribution in [0, 0.1) is 0 Å². The van der Waals surface area contributed by atoms with Crippen molar-refractivity contribution in [2.45, 2.75) is 25.9 Å². The lowest BCUT2D eigenvalue weighted by Crippen LogP contribution is -2.12. The third-order valence-electron chi connectivity index (χ3n) is 3.72. The molecule has 0 saturated heterocycles. The van der Waals surface area contributed by atoms with E-state index in [2.05, 4.69) is 19.0 Å². The molecule has 0 aliphatic carbocycles. The number of carbonyl (C=O) groups is 1. The number of rotatable bonds is 8. The second kappa shape index (κ2) is 9.11. The summed E-state index contributed by atoms with van der Waals surface area (Å²) < 4.78 is 5.33. The highest BCUT2D eigenvalue weighted by Gasteiger charge is 2.07. The highest BCUT2D eigenvalue weighted by Crippen LogP contribution is 2.10. The van der Waals surface area contributed by atoms with Crippen LogP contribution in [0.5, 0.6) is 0 Å². The Balaban J connectivity index is 1.78. The molecule has 0 fully saturated rings. The van der Waals surface area contributed by atoms with Gasteiger partial charge in [-0.05, 0) is 63.2 Å². The van der Waals surface area contributed by atoms with Crippen molar-refractivity contribution in [2.75, 3.05) is 20.6 Å². The summed E-state index contributed by atoms with van der Waals surface area (Å²) in [6.45, 7) is 1.43. The summed E-state index contributed by atoms with van der Waals surface area (Å²) in [4.78, 5) is 14.2. The van der Waals surface area contributed by atoms with Gasteiger partial charge in [-0.3, -0.25) is 0 Å². The van der Waals surface area contributed by atoms with Crippen molar-refractivity contribution >= 4 is 5.97 Å². The SMILES string of the molecule is CN(C)CCCCc1ccc(C(=O)OCc2ccccc2)cc1. The monoisotopic (exact) mass is 311 g/mol. The highest BCUT2D eigenvalue weighted by molar-refractivity contribution is 5.89. The van der Waals surface area contributed by atoms with Gasteiger partial charge in [-0.1, -0.05) is 42.5 Å². The van der Waals surface area contributed by atoms with Gasteiger partial charge in [0.1, 0.15) is 6.61 Å². The second-order valence-electron chi connectivity index (χ2n) is 6.02. The quantitative estimate of drug-likeness (QED) is 0.546. The van der Waals surface area contributed by atoms with Crippen LogP contribution in [-0.2, 0) is 17.8 Å². The molecule has 0 unspecified atom stereocenters. The first kappa shape index (κ1) is 17.2. The lowest BCUT2D eigenvalue weighted by Gasteiger charge is -2.09. The molecule has 0 aliphatic rings. The van der Waals surface area contributed by atoms with Crippen LogP contribution < -0.4 is 0 Å². The molecule has 3 heteroatoms. The molecular formula is C20H25NO2. The lowest BCUT2D eigenvalue weighted by atomic mass is 10.1. The summed E-state index contributed by atoms with van der Waals surface area (Å²) in [6, 6.07) is 17.5. The normalized spacial score (nSPS) is 10.7. The van der Waals surface area contributed by atoms with E-state index >= 15 is 0 Å². The summed E-state index contributed by atoms with van der Waals surface area (Å²) in [5, 5.41) is 0. The number of nitrogens with zero attached hydrogens (tertiary/aromatic N) is 1. The number of esters is 1. The number of unbranched alkanes of at least 4 members (excludes halogenated alkanes) is 1. The molecule has 0 amide bonds. The third-order valence-corrected chi connectivity index (χ3v) is 3.72. The summed E-state index contributed by atoms with van der Waals surface area (Å²) in [5.41, 5.74) is 2.87. The molecular weight excluding hydrogens is 286 g/mol. The smallest absolute Gasteiger partial charge is 0.338 e. The predicted molar refractivity (Wildman–Crippen MR) is 93.5 cm³/mol. The number of aryl methyl sites for hydroxylation is 1. The van der Waals surface area contributed by atoms with Crippen molar-refractivity contribution in [3.8, 4) is 0 Å². The molecule has 3 nitrogen and oxygen atoms in total. The standard InChI is InChI=1S/C20H25NO2/c1-21(2)15-7-6-8-17-11-13-19(14-12-17)20(22)23-16-18-9-4-3-5-10-18/h3-5,9-14H,6-8,15-16H2,1-2H3. The van der Waals surface area contributed by atoms with Gasteiger partial charge in [-0.15, -0.1) is 0 Å². The van der Waals surface area contributed by atoms with Crippen molar-refractivity contribution in [1.82, 2.24) is 4.90 Å². The van der Waals surface area contributed by atoms with Gasteiger partial charge in [0.2, 0.25) is 0 Å². The maximum absolute atomic E-state index is 12.0. The molecule has 23 heavy (non-hydrogen) atoms. The van der Waals surface area contributed by atoms with Gasteiger partial charge in [0.25, 0.3) is 0 Å². The van der Waals surface area contributed by atoms with Crippen LogP contribution in [0.4, 0.5) is 0 Å². The topological polar surface area (TPSA) is 29.5 Å². The summed E-state index contributed by atoms with van der Waals surface area (Å²) in [5.74, 6) is -0.270. The van der Waals surface area contributed by atoms with Gasteiger partial charge in [0, 0.05) is 0 Å². The lowest BCUT2D eigenvalue weighted by molar-refractivity contribution is 0.0472. The largest absolute Gasteiger partial charge is 0.457 e. The van der Waals surface area contributed by atoms with Gasteiger partial charge in [0.05, 0.1) is 5.56 Å². The molecule has 0 aromatic heterocycles. The minimum absolute atomic E-state index is 0.270. The van der Waals surface area contributed by atoms with Crippen LogP contribution >= 0.6 is 0 Å². The van der Waals surface area contributed by atoms with Gasteiger partial charge >= 0.3 is 5.97 Å². The van der Waals surface area contributed by atoms with Gasteiger partial charge in [-0.2, -0.15) is 0 Å². The van der Waals surface area contributed by atoms with E-state index in [1.165, 1.54) is 12.0 Å². The molecule has 0 atom stereocenters. The van der Waals surface area contributed by atoms with E-state index in [0.29, 0.717) is 12.2 Å². The minimum atomic E-state index is -0.270. The molecule has 0 heterocycles. The van der Waals surface area contributed by atoms with Crippen LogP contribution in [0.3, 0.4) is 0 Å². The van der Waals surface area contributed by atoms with Crippen molar-refractivity contribution in [2.24, 2.45) is 0 Å². The molecule has 0 saturated carbocycles. The van der Waals surface area contributed by atoms with E-state index in [4.69, 9.17) is 4.74 Å². The Morgan fingerprint density at radius 3 is 2.26 bits per heavy atom. The van der Waals surface area contributed by atoms with Gasteiger partial charge in [0.15, 0.2) is 0 Å². The Morgan fingerprint density at radius 2 is 1.61 bits per heavy atom. The zero-order chi connectivity index (χ0) is 16.5. The molecule has 0 aliphatic heterocycles. The minimum Gasteiger partial charge on any atom is -0.457 e. The second-order valence-corrected chi connectivity index (χ2v) is 6.02.